The van der Waals surface area contributed by atoms with Crippen LogP contribution in [0.2, 0.25) is 0 Å². The molecule has 0 spiro atoms. The van der Waals surface area contributed by atoms with Gasteiger partial charge in [0.05, 0.1) is 22.9 Å². The number of hydrogen-bond donors (Lipinski definition) is 2. The molecule has 0 bridgehead atoms. The number of benzene rings is 2. The van der Waals surface area contributed by atoms with E-state index in [0.717, 1.165) is 40.4 Å². The summed E-state index contributed by atoms with van der Waals surface area (Å²) in [5, 5.41) is 13.3. The summed E-state index contributed by atoms with van der Waals surface area (Å²) in [6.45, 7) is 1.08. The summed E-state index contributed by atoms with van der Waals surface area (Å²) < 4.78 is 0.985. The molecular weight excluding hydrogens is 334 g/mol. The van der Waals surface area contributed by atoms with Gasteiger partial charge in [0, 0.05) is 17.8 Å². The first-order chi connectivity index (χ1) is 12.2. The molecule has 0 saturated carbocycles. The molecular formula is C19H19N3O2S. The number of rotatable bonds is 4. The number of para-hydroxylation sites is 1. The first-order valence-corrected chi connectivity index (χ1v) is 9.21. The lowest BCUT2D eigenvalue weighted by Crippen LogP contribution is -2.31. The largest absolute Gasteiger partial charge is 0.394 e. The minimum Gasteiger partial charge on any atom is -0.394 e. The highest BCUT2D eigenvalue weighted by molar-refractivity contribution is 7.22. The monoisotopic (exact) mass is 353 g/mol. The van der Waals surface area contributed by atoms with E-state index in [-0.39, 0.29) is 18.6 Å². The quantitative estimate of drug-likeness (QED) is 0.753. The zero-order chi connectivity index (χ0) is 17.2. The first kappa shape index (κ1) is 16.1. The van der Waals surface area contributed by atoms with Crippen LogP contribution in [-0.2, 0) is 0 Å². The topological polar surface area (TPSA) is 65.5 Å². The highest BCUT2D eigenvalue weighted by Gasteiger charge is 2.26. The van der Waals surface area contributed by atoms with Gasteiger partial charge in [0.15, 0.2) is 5.13 Å². The maximum absolute atomic E-state index is 12.4. The second kappa shape index (κ2) is 6.82. The third-order valence-electron chi connectivity index (χ3n) is 4.50. The fourth-order valence-electron chi connectivity index (χ4n) is 3.18. The molecule has 6 heteroatoms. The lowest BCUT2D eigenvalue weighted by atomic mass is 10.2. The maximum atomic E-state index is 12.4. The highest BCUT2D eigenvalue weighted by Crippen LogP contribution is 2.33. The molecule has 1 aliphatic rings. The van der Waals surface area contributed by atoms with Crippen molar-refractivity contribution >= 4 is 38.3 Å². The molecule has 1 amide bonds. The number of nitrogens with one attached hydrogen (secondary N) is 1. The van der Waals surface area contributed by atoms with E-state index in [1.54, 1.807) is 17.4 Å². The van der Waals surface area contributed by atoms with Crippen LogP contribution in [0, 0.1) is 0 Å². The Bertz CT molecular complexity index is 894. The number of aliphatic hydroxyl groups excluding tert-OH is 1. The molecule has 0 aliphatic carbocycles. The van der Waals surface area contributed by atoms with Gasteiger partial charge in [0.2, 0.25) is 0 Å². The molecule has 25 heavy (non-hydrogen) atoms. The number of thiazole rings is 1. The average molecular weight is 353 g/mol. The first-order valence-electron chi connectivity index (χ1n) is 8.39. The van der Waals surface area contributed by atoms with Gasteiger partial charge in [-0.15, -0.1) is 0 Å². The predicted molar refractivity (Wildman–Crippen MR) is 101 cm³/mol. The molecule has 128 valence electrons. The van der Waals surface area contributed by atoms with Gasteiger partial charge in [-0.3, -0.25) is 4.79 Å². The number of aliphatic hydroxyl groups is 1. The van der Waals surface area contributed by atoms with Crippen molar-refractivity contribution in [3.63, 3.8) is 0 Å². The molecule has 1 atom stereocenters. The van der Waals surface area contributed by atoms with Crippen molar-refractivity contribution < 1.29 is 9.90 Å². The number of carbonyl (C=O) groups excluding carboxylic acids is 1. The Morgan fingerprint density at radius 1 is 1.28 bits per heavy atom. The summed E-state index contributed by atoms with van der Waals surface area (Å²) in [5.74, 6) is -0.127. The number of carbonyl (C=O) groups is 1. The minimum atomic E-state index is -0.127. The second-order valence-electron chi connectivity index (χ2n) is 6.17. The molecule has 1 aromatic heterocycles. The van der Waals surface area contributed by atoms with E-state index in [1.165, 1.54) is 0 Å². The van der Waals surface area contributed by atoms with Crippen LogP contribution in [0.5, 0.6) is 0 Å². The zero-order valence-electron chi connectivity index (χ0n) is 13.7. The van der Waals surface area contributed by atoms with Crippen LogP contribution < -0.4 is 10.2 Å². The third-order valence-corrected chi connectivity index (χ3v) is 5.56. The van der Waals surface area contributed by atoms with Gasteiger partial charge in [0.1, 0.15) is 0 Å². The predicted octanol–water partition coefficient (Wildman–Crippen LogP) is 3.51. The minimum absolute atomic E-state index is 0.127. The lowest BCUT2D eigenvalue weighted by Gasteiger charge is -2.21. The van der Waals surface area contributed by atoms with E-state index in [1.807, 2.05) is 42.5 Å². The molecule has 2 N–H and O–H groups in total. The van der Waals surface area contributed by atoms with Crippen molar-refractivity contribution in [1.29, 1.82) is 0 Å². The van der Waals surface area contributed by atoms with Crippen molar-refractivity contribution in [2.24, 2.45) is 0 Å². The highest BCUT2D eigenvalue weighted by atomic mass is 32.1. The molecule has 5 nitrogen and oxygen atoms in total. The van der Waals surface area contributed by atoms with Gasteiger partial charge in [0.25, 0.3) is 5.91 Å². The number of hydrogen-bond acceptors (Lipinski definition) is 5. The smallest absolute Gasteiger partial charge is 0.255 e. The molecule has 2 aromatic carbocycles. The van der Waals surface area contributed by atoms with Gasteiger partial charge in [-0.25, -0.2) is 4.98 Å². The Kier molecular flexibility index (Phi) is 4.38. The number of anilines is 2. The fraction of sp³-hybridized carbons (Fsp3) is 0.263. The second-order valence-corrected chi connectivity index (χ2v) is 7.18. The molecule has 3 aromatic rings. The van der Waals surface area contributed by atoms with Gasteiger partial charge >= 0.3 is 0 Å². The summed E-state index contributed by atoms with van der Waals surface area (Å²) in [4.78, 5) is 19.3. The fourth-order valence-corrected chi connectivity index (χ4v) is 4.28. The average Bonchev–Trinajstić information content (AvgIpc) is 3.27. The standard InChI is InChI=1S/C19H19N3O2S/c23-12-15-7-4-10-22(15)19-21-16-9-8-13(11-17(16)25-19)18(24)20-14-5-2-1-3-6-14/h1-3,5-6,8-9,11,15,23H,4,7,10,12H2,(H,20,24). The Morgan fingerprint density at radius 3 is 2.92 bits per heavy atom. The van der Waals surface area contributed by atoms with Gasteiger partial charge in [-0.05, 0) is 43.2 Å². The van der Waals surface area contributed by atoms with Gasteiger partial charge < -0.3 is 15.3 Å². The van der Waals surface area contributed by atoms with Crippen LogP contribution in [0.25, 0.3) is 10.2 Å². The Morgan fingerprint density at radius 2 is 2.12 bits per heavy atom. The number of amides is 1. The number of fused-ring (bicyclic) bond motifs is 1. The lowest BCUT2D eigenvalue weighted by molar-refractivity contribution is 0.102. The Labute approximate surface area is 149 Å². The van der Waals surface area contributed by atoms with Crippen molar-refractivity contribution in [2.75, 3.05) is 23.4 Å². The van der Waals surface area contributed by atoms with Crippen LogP contribution >= 0.6 is 11.3 Å². The number of aromatic nitrogens is 1. The summed E-state index contributed by atoms with van der Waals surface area (Å²) in [6, 6.07) is 15.2. The van der Waals surface area contributed by atoms with Crippen LogP contribution in [-0.4, -0.2) is 35.2 Å². The Hall–Kier alpha value is -2.44. The van der Waals surface area contributed by atoms with Gasteiger partial charge in [-0.2, -0.15) is 0 Å². The summed E-state index contributed by atoms with van der Waals surface area (Å²) in [7, 11) is 0. The van der Waals surface area contributed by atoms with E-state index >= 15 is 0 Å². The van der Waals surface area contributed by atoms with E-state index in [0.29, 0.717) is 5.56 Å². The molecule has 1 saturated heterocycles. The van der Waals surface area contributed by atoms with E-state index < -0.39 is 0 Å². The molecule has 1 aliphatic heterocycles. The van der Waals surface area contributed by atoms with Crippen LogP contribution in [0.4, 0.5) is 10.8 Å². The van der Waals surface area contributed by atoms with Crippen molar-refractivity contribution in [2.45, 2.75) is 18.9 Å². The van der Waals surface area contributed by atoms with E-state index in [4.69, 9.17) is 0 Å². The normalized spacial score (nSPS) is 17.2. The van der Waals surface area contributed by atoms with Crippen LogP contribution in [0.1, 0.15) is 23.2 Å². The van der Waals surface area contributed by atoms with E-state index in [9.17, 15) is 9.90 Å². The van der Waals surface area contributed by atoms with E-state index in [2.05, 4.69) is 15.2 Å². The van der Waals surface area contributed by atoms with Gasteiger partial charge in [-0.1, -0.05) is 29.5 Å². The molecule has 1 unspecified atom stereocenters. The molecule has 0 radical (unpaired) electrons. The maximum Gasteiger partial charge on any atom is 0.255 e. The molecule has 4 rings (SSSR count). The summed E-state index contributed by atoms with van der Waals surface area (Å²) in [5.41, 5.74) is 2.28. The van der Waals surface area contributed by atoms with Crippen LogP contribution in [0.3, 0.4) is 0 Å². The van der Waals surface area contributed by atoms with Crippen LogP contribution in [0.15, 0.2) is 48.5 Å². The SMILES string of the molecule is O=C(Nc1ccccc1)c1ccc2nc(N3CCCC3CO)sc2c1. The van der Waals surface area contributed by atoms with Crippen molar-refractivity contribution in [1.82, 2.24) is 4.98 Å². The Balaban J connectivity index is 1.59. The number of nitrogens with zero attached hydrogens (tertiary/aromatic N) is 2. The van der Waals surface area contributed by atoms with Crippen molar-refractivity contribution in [3.8, 4) is 0 Å². The molecule has 2 heterocycles. The zero-order valence-corrected chi connectivity index (χ0v) is 14.5. The third kappa shape index (κ3) is 3.23. The summed E-state index contributed by atoms with van der Waals surface area (Å²) >= 11 is 1.58. The molecule has 1 fully saturated rings. The van der Waals surface area contributed by atoms with Crippen molar-refractivity contribution in [3.05, 3.63) is 54.1 Å². The summed E-state index contributed by atoms with van der Waals surface area (Å²) in [6.07, 6.45) is 2.07.